The molecule has 1 N–H and O–H groups in total. The fourth-order valence-corrected chi connectivity index (χ4v) is 1.76. The predicted molar refractivity (Wildman–Crippen MR) is 84.5 cm³/mol. The molecular weight excluding hydrogens is 276 g/mol. The van der Waals surface area contributed by atoms with E-state index in [9.17, 15) is 4.79 Å². The van der Waals surface area contributed by atoms with Crippen LogP contribution < -0.4 is 10.1 Å². The number of nitrogens with one attached hydrogen (secondary N) is 1. The van der Waals surface area contributed by atoms with E-state index in [2.05, 4.69) is 5.32 Å². The summed E-state index contributed by atoms with van der Waals surface area (Å²) in [6.45, 7) is 4.07. The second-order valence-electron chi connectivity index (χ2n) is 4.71. The number of nitrogens with zero attached hydrogens (tertiary/aromatic N) is 1. The summed E-state index contributed by atoms with van der Waals surface area (Å²) in [5.74, 6) is 1.02. The molecule has 1 rings (SSSR count). The summed E-state index contributed by atoms with van der Waals surface area (Å²) in [5.41, 5.74) is 0. The maximum absolute atomic E-state index is 12.0. The Labute approximate surface area is 127 Å². The highest BCUT2D eigenvalue weighted by molar-refractivity contribution is 5.85. The Kier molecular flexibility index (Phi) is 9.86. The highest BCUT2D eigenvalue weighted by atomic mass is 35.5. The van der Waals surface area contributed by atoms with Crippen LogP contribution in [-0.4, -0.2) is 44.6 Å². The monoisotopic (exact) mass is 300 g/mol. The SMILES string of the molecule is CNCCN(C)C(=O)C(C)CCOc1ccccc1.Cl. The van der Waals surface area contributed by atoms with Gasteiger partial charge < -0.3 is 15.0 Å². The van der Waals surface area contributed by atoms with E-state index >= 15 is 0 Å². The first-order chi connectivity index (χ1) is 9.15. The van der Waals surface area contributed by atoms with Gasteiger partial charge in [0.25, 0.3) is 0 Å². The molecule has 20 heavy (non-hydrogen) atoms. The van der Waals surface area contributed by atoms with Crippen molar-refractivity contribution < 1.29 is 9.53 Å². The predicted octanol–water partition coefficient (Wildman–Crippen LogP) is 2.19. The summed E-state index contributed by atoms with van der Waals surface area (Å²) in [4.78, 5) is 13.8. The van der Waals surface area contributed by atoms with E-state index in [1.54, 1.807) is 4.90 Å². The molecule has 4 nitrogen and oxygen atoms in total. The zero-order valence-corrected chi connectivity index (χ0v) is 13.3. The summed E-state index contributed by atoms with van der Waals surface area (Å²) < 4.78 is 5.60. The van der Waals surface area contributed by atoms with Crippen molar-refractivity contribution in [3.8, 4) is 5.75 Å². The third-order valence-corrected chi connectivity index (χ3v) is 3.06. The lowest BCUT2D eigenvalue weighted by molar-refractivity contribution is -0.134. The van der Waals surface area contributed by atoms with Crippen molar-refractivity contribution in [1.29, 1.82) is 0 Å². The molecule has 0 radical (unpaired) electrons. The molecule has 5 heteroatoms. The lowest BCUT2D eigenvalue weighted by Gasteiger charge is -2.21. The minimum absolute atomic E-state index is 0. The number of hydrogen-bond acceptors (Lipinski definition) is 3. The van der Waals surface area contributed by atoms with Gasteiger partial charge in [-0.05, 0) is 25.6 Å². The van der Waals surface area contributed by atoms with E-state index in [0.29, 0.717) is 6.61 Å². The molecule has 1 amide bonds. The van der Waals surface area contributed by atoms with Gasteiger partial charge in [0, 0.05) is 26.1 Å². The largest absolute Gasteiger partial charge is 0.494 e. The van der Waals surface area contributed by atoms with Crippen molar-refractivity contribution in [2.75, 3.05) is 33.8 Å². The van der Waals surface area contributed by atoms with Crippen LogP contribution in [0.15, 0.2) is 30.3 Å². The Morgan fingerprint density at radius 2 is 2.00 bits per heavy atom. The lowest BCUT2D eigenvalue weighted by atomic mass is 10.1. The topological polar surface area (TPSA) is 41.6 Å². The Morgan fingerprint density at radius 3 is 2.60 bits per heavy atom. The van der Waals surface area contributed by atoms with Gasteiger partial charge in [-0.25, -0.2) is 0 Å². The Morgan fingerprint density at radius 1 is 1.35 bits per heavy atom. The number of hydrogen-bond donors (Lipinski definition) is 1. The Bertz CT molecular complexity index is 373. The third kappa shape index (κ3) is 6.78. The molecule has 1 aromatic carbocycles. The first kappa shape index (κ1) is 18.7. The van der Waals surface area contributed by atoms with E-state index in [-0.39, 0.29) is 24.2 Å². The molecule has 1 atom stereocenters. The number of carbonyl (C=O) groups is 1. The molecule has 114 valence electrons. The van der Waals surface area contributed by atoms with Crippen LogP contribution in [0.4, 0.5) is 0 Å². The first-order valence-corrected chi connectivity index (χ1v) is 6.72. The summed E-state index contributed by atoms with van der Waals surface area (Å²) >= 11 is 0. The highest BCUT2D eigenvalue weighted by Gasteiger charge is 2.16. The van der Waals surface area contributed by atoms with Gasteiger partial charge in [0.05, 0.1) is 6.61 Å². The number of benzene rings is 1. The van der Waals surface area contributed by atoms with Crippen LogP contribution in [-0.2, 0) is 4.79 Å². The molecule has 0 saturated carbocycles. The maximum atomic E-state index is 12.0. The standard InChI is InChI=1S/C15H24N2O2.ClH/c1-13(15(18)17(3)11-10-16-2)9-12-19-14-7-5-4-6-8-14;/h4-8,13,16H,9-12H2,1-3H3;1H. The molecule has 0 heterocycles. The molecule has 0 bridgehead atoms. The van der Waals surface area contributed by atoms with Gasteiger partial charge in [0.1, 0.15) is 5.75 Å². The van der Waals surface area contributed by atoms with Crippen molar-refractivity contribution in [3.63, 3.8) is 0 Å². The number of amides is 1. The van der Waals surface area contributed by atoms with E-state index in [4.69, 9.17) is 4.74 Å². The van der Waals surface area contributed by atoms with Gasteiger partial charge in [-0.1, -0.05) is 25.1 Å². The van der Waals surface area contributed by atoms with Crippen molar-refractivity contribution in [3.05, 3.63) is 30.3 Å². The first-order valence-electron chi connectivity index (χ1n) is 6.72. The smallest absolute Gasteiger partial charge is 0.225 e. The number of likely N-dealkylation sites (N-methyl/N-ethyl adjacent to an activating group) is 2. The fourth-order valence-electron chi connectivity index (χ4n) is 1.76. The van der Waals surface area contributed by atoms with Crippen LogP contribution in [0.1, 0.15) is 13.3 Å². The van der Waals surface area contributed by atoms with E-state index < -0.39 is 0 Å². The minimum atomic E-state index is -0.00873. The van der Waals surface area contributed by atoms with Gasteiger partial charge in [-0.15, -0.1) is 12.4 Å². The fraction of sp³-hybridized carbons (Fsp3) is 0.533. The summed E-state index contributed by atoms with van der Waals surface area (Å²) in [6, 6.07) is 9.68. The highest BCUT2D eigenvalue weighted by Crippen LogP contribution is 2.11. The Hall–Kier alpha value is -1.26. The molecule has 0 aliphatic carbocycles. The van der Waals surface area contributed by atoms with Crippen LogP contribution in [0.2, 0.25) is 0 Å². The Balaban J connectivity index is 0.00000361. The van der Waals surface area contributed by atoms with Crippen LogP contribution in [0.3, 0.4) is 0 Å². The zero-order valence-electron chi connectivity index (χ0n) is 12.5. The second kappa shape index (κ2) is 10.5. The molecule has 0 spiro atoms. The number of rotatable bonds is 8. The van der Waals surface area contributed by atoms with Gasteiger partial charge in [-0.3, -0.25) is 4.79 Å². The van der Waals surface area contributed by atoms with Crippen molar-refractivity contribution >= 4 is 18.3 Å². The molecule has 0 fully saturated rings. The normalized spacial score (nSPS) is 11.3. The van der Waals surface area contributed by atoms with E-state index in [1.807, 2.05) is 51.4 Å². The molecular formula is C15H25ClN2O2. The minimum Gasteiger partial charge on any atom is -0.494 e. The number of halogens is 1. The molecule has 0 aliphatic heterocycles. The van der Waals surface area contributed by atoms with E-state index in [1.165, 1.54) is 0 Å². The zero-order chi connectivity index (χ0) is 14.1. The van der Waals surface area contributed by atoms with Crippen LogP contribution in [0, 0.1) is 5.92 Å². The number of ether oxygens (including phenoxy) is 1. The molecule has 0 saturated heterocycles. The lowest BCUT2D eigenvalue weighted by Crippen LogP contribution is -2.36. The van der Waals surface area contributed by atoms with Crippen LogP contribution in [0.25, 0.3) is 0 Å². The number of carbonyl (C=O) groups excluding carboxylic acids is 1. The average Bonchev–Trinajstić information content (AvgIpc) is 2.44. The van der Waals surface area contributed by atoms with Crippen molar-refractivity contribution in [1.82, 2.24) is 10.2 Å². The molecule has 0 aliphatic rings. The average molecular weight is 301 g/mol. The van der Waals surface area contributed by atoms with E-state index in [0.717, 1.165) is 25.3 Å². The molecule has 0 aromatic heterocycles. The quantitative estimate of drug-likeness (QED) is 0.800. The van der Waals surface area contributed by atoms with Gasteiger partial charge in [0.15, 0.2) is 0 Å². The molecule has 1 unspecified atom stereocenters. The summed E-state index contributed by atoms with van der Waals surface area (Å²) in [5, 5.41) is 3.04. The van der Waals surface area contributed by atoms with Crippen molar-refractivity contribution in [2.45, 2.75) is 13.3 Å². The van der Waals surface area contributed by atoms with Crippen LogP contribution >= 0.6 is 12.4 Å². The summed E-state index contributed by atoms with van der Waals surface area (Å²) in [7, 11) is 3.73. The third-order valence-electron chi connectivity index (χ3n) is 3.06. The molecule has 1 aromatic rings. The maximum Gasteiger partial charge on any atom is 0.225 e. The van der Waals surface area contributed by atoms with Crippen molar-refractivity contribution in [2.24, 2.45) is 5.92 Å². The van der Waals surface area contributed by atoms with Gasteiger partial charge in [-0.2, -0.15) is 0 Å². The van der Waals surface area contributed by atoms with Crippen LogP contribution in [0.5, 0.6) is 5.75 Å². The second-order valence-corrected chi connectivity index (χ2v) is 4.71. The summed E-state index contributed by atoms with van der Waals surface area (Å²) in [6.07, 6.45) is 0.734. The number of para-hydroxylation sites is 1. The van der Waals surface area contributed by atoms with Gasteiger partial charge in [0.2, 0.25) is 5.91 Å². The van der Waals surface area contributed by atoms with Gasteiger partial charge >= 0.3 is 0 Å².